The minimum Gasteiger partial charge on any atom is -0.336 e. The molecule has 1 fully saturated rings. The summed E-state index contributed by atoms with van der Waals surface area (Å²) in [5.41, 5.74) is 3.28. The molecule has 1 aromatic carbocycles. The van der Waals surface area contributed by atoms with Gasteiger partial charge in [-0.15, -0.1) is 0 Å². The molecule has 1 saturated heterocycles. The summed E-state index contributed by atoms with van der Waals surface area (Å²) in [6.07, 6.45) is 2.35. The van der Waals surface area contributed by atoms with Crippen LogP contribution >= 0.6 is 0 Å². The Hall–Kier alpha value is -2.08. The molecule has 0 bridgehead atoms. The van der Waals surface area contributed by atoms with E-state index in [1.165, 1.54) is 5.56 Å². The van der Waals surface area contributed by atoms with E-state index in [2.05, 4.69) is 36.3 Å². The van der Waals surface area contributed by atoms with Gasteiger partial charge in [-0.25, -0.2) is 4.79 Å². The molecule has 0 radical (unpaired) electrons. The van der Waals surface area contributed by atoms with Crippen molar-refractivity contribution in [3.8, 4) is 0 Å². The smallest absolute Gasteiger partial charge is 0.315 e. The van der Waals surface area contributed by atoms with E-state index >= 15 is 0 Å². The van der Waals surface area contributed by atoms with E-state index in [-0.39, 0.29) is 24.0 Å². The Bertz CT molecular complexity index is 673. The number of hydrogen-bond acceptors (Lipinski definition) is 3. The Morgan fingerprint density at radius 1 is 1.25 bits per heavy atom. The predicted octanol–water partition coefficient (Wildman–Crippen LogP) is 3.22. The summed E-state index contributed by atoms with van der Waals surface area (Å²) in [6, 6.07) is 5.81. The van der Waals surface area contributed by atoms with Crippen LogP contribution in [-0.2, 0) is 4.79 Å². The van der Waals surface area contributed by atoms with Crippen molar-refractivity contribution >= 4 is 17.6 Å². The lowest BCUT2D eigenvalue weighted by Gasteiger charge is -2.21. The van der Waals surface area contributed by atoms with Crippen LogP contribution in [0.1, 0.15) is 51.2 Å². The molecule has 1 aromatic rings. The van der Waals surface area contributed by atoms with Crippen molar-refractivity contribution in [2.24, 2.45) is 0 Å². The van der Waals surface area contributed by atoms with Crippen LogP contribution in [0, 0.1) is 13.8 Å². The first kappa shape index (κ1) is 22.2. The van der Waals surface area contributed by atoms with Crippen molar-refractivity contribution in [1.82, 2.24) is 15.5 Å². The standard InChI is InChI=1S/C22H36N4O2/c1-6-25(7-2)12-8-9-18(5)23-22(28)24-19-14-21(27)26(15-19)20-11-10-16(3)17(4)13-20/h10-11,13,18-19H,6-9,12,14-15H2,1-5H3,(H2,23,24,28)/t18-,19-/m1/s1. The second-order valence-electron chi connectivity index (χ2n) is 7.86. The normalized spacial score (nSPS) is 17.9. The number of nitrogens with one attached hydrogen (secondary N) is 2. The average Bonchev–Trinajstić information content (AvgIpc) is 3.01. The Labute approximate surface area is 169 Å². The van der Waals surface area contributed by atoms with Crippen molar-refractivity contribution in [2.75, 3.05) is 31.1 Å². The van der Waals surface area contributed by atoms with E-state index in [4.69, 9.17) is 0 Å². The van der Waals surface area contributed by atoms with E-state index in [9.17, 15) is 9.59 Å². The fourth-order valence-electron chi connectivity index (χ4n) is 3.63. The summed E-state index contributed by atoms with van der Waals surface area (Å²) in [4.78, 5) is 28.9. The third-order valence-electron chi connectivity index (χ3n) is 5.65. The Morgan fingerprint density at radius 2 is 1.96 bits per heavy atom. The van der Waals surface area contributed by atoms with E-state index in [1.54, 1.807) is 4.90 Å². The molecule has 1 aliphatic heterocycles. The first-order valence-corrected chi connectivity index (χ1v) is 10.5. The summed E-state index contributed by atoms with van der Waals surface area (Å²) in [5.74, 6) is 0.0563. The van der Waals surface area contributed by atoms with Crippen LogP contribution in [0.4, 0.5) is 10.5 Å². The molecule has 0 aliphatic carbocycles. The molecule has 0 aromatic heterocycles. The highest BCUT2D eigenvalue weighted by molar-refractivity contribution is 5.96. The molecule has 0 unspecified atom stereocenters. The lowest BCUT2D eigenvalue weighted by Crippen LogP contribution is -2.46. The SMILES string of the molecule is CCN(CC)CCC[C@@H](C)NC(=O)N[C@@H]1CC(=O)N(c2ccc(C)c(C)c2)C1. The van der Waals surface area contributed by atoms with Gasteiger partial charge >= 0.3 is 6.03 Å². The minimum absolute atomic E-state index is 0.0563. The zero-order chi connectivity index (χ0) is 20.7. The zero-order valence-electron chi connectivity index (χ0n) is 18.0. The van der Waals surface area contributed by atoms with Gasteiger partial charge in [0.25, 0.3) is 0 Å². The highest BCUT2D eigenvalue weighted by atomic mass is 16.2. The number of anilines is 1. The van der Waals surface area contributed by atoms with E-state index in [1.807, 2.05) is 32.0 Å². The number of urea groups is 1. The van der Waals surface area contributed by atoms with Gasteiger partial charge in [-0.05, 0) is 76.5 Å². The molecule has 28 heavy (non-hydrogen) atoms. The van der Waals surface area contributed by atoms with E-state index in [0.717, 1.165) is 43.7 Å². The summed E-state index contributed by atoms with van der Waals surface area (Å²) < 4.78 is 0. The van der Waals surface area contributed by atoms with Gasteiger partial charge in [0, 0.05) is 24.7 Å². The van der Waals surface area contributed by atoms with Crippen molar-refractivity contribution in [2.45, 2.75) is 66.0 Å². The first-order valence-electron chi connectivity index (χ1n) is 10.5. The molecule has 6 heteroatoms. The number of rotatable bonds is 9. The minimum atomic E-state index is -0.185. The Morgan fingerprint density at radius 3 is 2.61 bits per heavy atom. The Kier molecular flexibility index (Phi) is 8.30. The van der Waals surface area contributed by atoms with Gasteiger partial charge < -0.3 is 20.4 Å². The number of aryl methyl sites for hydroxylation is 2. The molecule has 0 saturated carbocycles. The van der Waals surface area contributed by atoms with Gasteiger partial charge in [-0.3, -0.25) is 4.79 Å². The van der Waals surface area contributed by atoms with Gasteiger partial charge in [-0.2, -0.15) is 0 Å². The second-order valence-corrected chi connectivity index (χ2v) is 7.86. The summed E-state index contributed by atoms with van der Waals surface area (Å²) in [6.45, 7) is 14.2. The van der Waals surface area contributed by atoms with Gasteiger partial charge in [-0.1, -0.05) is 19.9 Å². The van der Waals surface area contributed by atoms with Crippen LogP contribution in [0.2, 0.25) is 0 Å². The molecule has 156 valence electrons. The summed E-state index contributed by atoms with van der Waals surface area (Å²) in [5, 5.41) is 5.97. The third kappa shape index (κ3) is 6.23. The lowest BCUT2D eigenvalue weighted by atomic mass is 10.1. The molecule has 2 atom stereocenters. The van der Waals surface area contributed by atoms with Gasteiger partial charge in [0.2, 0.25) is 5.91 Å². The number of hydrogen-bond donors (Lipinski definition) is 2. The average molecular weight is 389 g/mol. The van der Waals surface area contributed by atoms with E-state index < -0.39 is 0 Å². The molecule has 1 heterocycles. The molecule has 3 amide bonds. The van der Waals surface area contributed by atoms with Crippen LogP contribution in [-0.4, -0.2) is 55.1 Å². The Balaban J connectivity index is 1.78. The molecule has 0 spiro atoms. The van der Waals surface area contributed by atoms with Crippen LogP contribution in [0.15, 0.2) is 18.2 Å². The zero-order valence-corrected chi connectivity index (χ0v) is 18.0. The van der Waals surface area contributed by atoms with Crippen molar-refractivity contribution in [1.29, 1.82) is 0 Å². The van der Waals surface area contributed by atoms with Gasteiger partial charge in [0.05, 0.1) is 6.04 Å². The predicted molar refractivity (Wildman–Crippen MR) is 115 cm³/mol. The molecule has 6 nitrogen and oxygen atoms in total. The van der Waals surface area contributed by atoms with Crippen LogP contribution in [0.5, 0.6) is 0 Å². The number of carbonyl (C=O) groups is 2. The maximum absolute atomic E-state index is 12.4. The fourth-order valence-corrected chi connectivity index (χ4v) is 3.63. The number of nitrogens with zero attached hydrogens (tertiary/aromatic N) is 2. The highest BCUT2D eigenvalue weighted by Gasteiger charge is 2.31. The van der Waals surface area contributed by atoms with Crippen LogP contribution in [0.3, 0.4) is 0 Å². The maximum atomic E-state index is 12.4. The summed E-state index contributed by atoms with van der Waals surface area (Å²) in [7, 11) is 0. The fraction of sp³-hybridized carbons (Fsp3) is 0.636. The monoisotopic (exact) mass is 388 g/mol. The van der Waals surface area contributed by atoms with Gasteiger partial charge in [0.1, 0.15) is 0 Å². The quantitative estimate of drug-likeness (QED) is 0.683. The molecule has 2 rings (SSSR count). The van der Waals surface area contributed by atoms with Crippen molar-refractivity contribution in [3.63, 3.8) is 0 Å². The highest BCUT2D eigenvalue weighted by Crippen LogP contribution is 2.24. The first-order chi connectivity index (χ1) is 13.3. The molecular weight excluding hydrogens is 352 g/mol. The number of benzene rings is 1. The van der Waals surface area contributed by atoms with E-state index in [0.29, 0.717) is 13.0 Å². The third-order valence-corrected chi connectivity index (χ3v) is 5.65. The summed E-state index contributed by atoms with van der Waals surface area (Å²) >= 11 is 0. The van der Waals surface area contributed by atoms with Crippen LogP contribution in [0.25, 0.3) is 0 Å². The maximum Gasteiger partial charge on any atom is 0.315 e. The molecular formula is C22H36N4O2. The van der Waals surface area contributed by atoms with Crippen LogP contribution < -0.4 is 15.5 Å². The number of carbonyl (C=O) groups excluding carboxylic acids is 2. The topological polar surface area (TPSA) is 64.7 Å². The van der Waals surface area contributed by atoms with Crippen molar-refractivity contribution < 1.29 is 9.59 Å². The molecule has 1 aliphatic rings. The number of amides is 3. The van der Waals surface area contributed by atoms with Crippen molar-refractivity contribution in [3.05, 3.63) is 29.3 Å². The lowest BCUT2D eigenvalue weighted by molar-refractivity contribution is -0.117. The molecule has 2 N–H and O–H groups in total. The largest absolute Gasteiger partial charge is 0.336 e. The van der Waals surface area contributed by atoms with Gasteiger partial charge in [0.15, 0.2) is 0 Å². The second kappa shape index (κ2) is 10.5.